The van der Waals surface area contributed by atoms with Gasteiger partial charge in [0.15, 0.2) is 11.5 Å². The smallest absolute Gasteiger partial charge is 0.296 e. The summed E-state index contributed by atoms with van der Waals surface area (Å²) in [5.41, 5.74) is 0.582. The molecule has 0 aliphatic carbocycles. The van der Waals surface area contributed by atoms with Gasteiger partial charge >= 0.3 is 0 Å². The zero-order valence-electron chi connectivity index (χ0n) is 11.6. The summed E-state index contributed by atoms with van der Waals surface area (Å²) < 4.78 is 10.6. The first kappa shape index (κ1) is 12.7. The fourth-order valence-electron chi connectivity index (χ4n) is 3.53. The van der Waals surface area contributed by atoms with Crippen molar-refractivity contribution in [2.75, 3.05) is 31.7 Å². The van der Waals surface area contributed by atoms with Crippen LogP contribution in [0.25, 0.3) is 0 Å². The number of piperidine rings is 3. The van der Waals surface area contributed by atoms with E-state index >= 15 is 0 Å². The Kier molecular flexibility index (Phi) is 2.88. The molecule has 0 radical (unpaired) electrons. The summed E-state index contributed by atoms with van der Waals surface area (Å²) >= 11 is 0. The number of nitro groups is 1. The van der Waals surface area contributed by atoms with Gasteiger partial charge in [-0.25, -0.2) is 0 Å². The molecule has 1 unspecified atom stereocenters. The molecule has 1 atom stereocenters. The van der Waals surface area contributed by atoms with Crippen LogP contribution in [0.5, 0.6) is 11.5 Å². The summed E-state index contributed by atoms with van der Waals surface area (Å²) in [4.78, 5) is 13.3. The summed E-state index contributed by atoms with van der Waals surface area (Å²) in [5, 5.41) is 14.7. The minimum absolute atomic E-state index is 0.0516. The van der Waals surface area contributed by atoms with Gasteiger partial charge in [0.1, 0.15) is 5.69 Å². The molecule has 3 fully saturated rings. The predicted octanol–water partition coefficient (Wildman–Crippen LogP) is 1.83. The van der Waals surface area contributed by atoms with E-state index in [0.717, 1.165) is 32.5 Å². The van der Waals surface area contributed by atoms with Gasteiger partial charge in [-0.05, 0) is 31.8 Å². The van der Waals surface area contributed by atoms with E-state index in [-0.39, 0.29) is 23.4 Å². The zero-order chi connectivity index (χ0) is 14.4. The lowest BCUT2D eigenvalue weighted by atomic mass is 9.84. The van der Waals surface area contributed by atoms with Crippen molar-refractivity contribution in [3.63, 3.8) is 0 Å². The average Bonchev–Trinajstić information content (AvgIpc) is 2.95. The second-order valence-corrected chi connectivity index (χ2v) is 5.87. The third kappa shape index (κ3) is 2.17. The van der Waals surface area contributed by atoms with Crippen molar-refractivity contribution in [3.05, 3.63) is 22.2 Å². The maximum absolute atomic E-state index is 11.3. The highest BCUT2D eigenvalue weighted by molar-refractivity contribution is 5.69. The van der Waals surface area contributed by atoms with Gasteiger partial charge in [-0.2, -0.15) is 0 Å². The van der Waals surface area contributed by atoms with Crippen LogP contribution < -0.4 is 14.8 Å². The van der Waals surface area contributed by atoms with Crippen LogP contribution in [0.2, 0.25) is 0 Å². The van der Waals surface area contributed by atoms with Crippen molar-refractivity contribution < 1.29 is 14.4 Å². The Morgan fingerprint density at radius 3 is 2.57 bits per heavy atom. The molecule has 4 aliphatic heterocycles. The second-order valence-electron chi connectivity index (χ2n) is 5.87. The number of benzene rings is 1. The monoisotopic (exact) mass is 291 g/mol. The van der Waals surface area contributed by atoms with E-state index in [9.17, 15) is 10.1 Å². The maximum Gasteiger partial charge on any atom is 0.296 e. The van der Waals surface area contributed by atoms with Crippen LogP contribution in [-0.4, -0.2) is 42.3 Å². The molecule has 0 saturated carbocycles. The molecule has 21 heavy (non-hydrogen) atoms. The molecule has 4 aliphatic rings. The fourth-order valence-corrected chi connectivity index (χ4v) is 3.53. The van der Waals surface area contributed by atoms with Gasteiger partial charge in [0.05, 0.1) is 11.0 Å². The first-order valence-corrected chi connectivity index (χ1v) is 7.27. The zero-order valence-corrected chi connectivity index (χ0v) is 11.6. The summed E-state index contributed by atoms with van der Waals surface area (Å²) in [7, 11) is 0. The van der Waals surface area contributed by atoms with Crippen LogP contribution in [-0.2, 0) is 0 Å². The van der Waals surface area contributed by atoms with Crippen LogP contribution in [0.4, 0.5) is 11.4 Å². The Bertz CT molecular complexity index is 584. The van der Waals surface area contributed by atoms with E-state index in [1.54, 1.807) is 6.07 Å². The minimum atomic E-state index is -0.369. The Morgan fingerprint density at radius 2 is 1.95 bits per heavy atom. The number of anilines is 1. The maximum atomic E-state index is 11.3. The van der Waals surface area contributed by atoms with Crippen molar-refractivity contribution in [2.24, 2.45) is 5.92 Å². The molecule has 1 aromatic carbocycles. The van der Waals surface area contributed by atoms with Crippen molar-refractivity contribution >= 4 is 11.4 Å². The molecule has 2 bridgehead atoms. The number of nitrogens with one attached hydrogen (secondary N) is 1. The number of hydrogen-bond acceptors (Lipinski definition) is 6. The van der Waals surface area contributed by atoms with Gasteiger partial charge in [0, 0.05) is 18.7 Å². The summed E-state index contributed by atoms with van der Waals surface area (Å²) in [5.74, 6) is 1.62. The molecule has 1 aromatic rings. The Balaban J connectivity index is 1.63. The molecule has 0 amide bonds. The van der Waals surface area contributed by atoms with Crippen LogP contribution in [0.1, 0.15) is 12.8 Å². The summed E-state index contributed by atoms with van der Waals surface area (Å²) in [6, 6.07) is 3.41. The largest absolute Gasteiger partial charge is 0.454 e. The van der Waals surface area contributed by atoms with Gasteiger partial charge in [-0.15, -0.1) is 0 Å². The van der Waals surface area contributed by atoms with Gasteiger partial charge in [0.2, 0.25) is 6.79 Å². The molecule has 7 nitrogen and oxygen atoms in total. The molecule has 3 saturated heterocycles. The second kappa shape index (κ2) is 4.77. The first-order chi connectivity index (χ1) is 10.2. The standard InChI is InChI=1S/C14H17N3O4/c18-17(19)12-6-14-13(20-8-21-14)5-10(12)15-11-7-16-3-1-9(11)2-4-16/h5-6,9,11,15H,1-4,7-8H2. The average molecular weight is 291 g/mol. The van der Waals surface area contributed by atoms with Crippen LogP contribution in [0.15, 0.2) is 12.1 Å². The molecule has 0 aromatic heterocycles. The summed E-state index contributed by atoms with van der Waals surface area (Å²) in [6.07, 6.45) is 2.33. The highest BCUT2D eigenvalue weighted by Crippen LogP contribution is 2.41. The van der Waals surface area contributed by atoms with Crippen molar-refractivity contribution in [2.45, 2.75) is 18.9 Å². The van der Waals surface area contributed by atoms with Gasteiger partial charge in [0.25, 0.3) is 5.69 Å². The van der Waals surface area contributed by atoms with E-state index in [4.69, 9.17) is 9.47 Å². The SMILES string of the molecule is O=[N+]([O-])c1cc2c(cc1NC1CN3CCC1CC3)OCO2. The van der Waals surface area contributed by atoms with E-state index in [2.05, 4.69) is 10.2 Å². The molecule has 4 heterocycles. The van der Waals surface area contributed by atoms with Gasteiger partial charge < -0.3 is 19.7 Å². The van der Waals surface area contributed by atoms with Gasteiger partial charge in [-0.3, -0.25) is 10.1 Å². The minimum Gasteiger partial charge on any atom is -0.454 e. The predicted molar refractivity (Wildman–Crippen MR) is 75.8 cm³/mol. The van der Waals surface area contributed by atoms with Crippen molar-refractivity contribution in [1.29, 1.82) is 0 Å². The van der Waals surface area contributed by atoms with E-state index in [1.165, 1.54) is 6.07 Å². The lowest BCUT2D eigenvalue weighted by molar-refractivity contribution is -0.384. The number of nitrogens with zero attached hydrogens (tertiary/aromatic N) is 2. The van der Waals surface area contributed by atoms with Crippen LogP contribution in [0, 0.1) is 16.0 Å². The molecular weight excluding hydrogens is 274 g/mol. The molecule has 112 valence electrons. The number of rotatable bonds is 3. The van der Waals surface area contributed by atoms with Crippen LogP contribution in [0.3, 0.4) is 0 Å². The van der Waals surface area contributed by atoms with E-state index in [0.29, 0.717) is 23.1 Å². The third-order valence-electron chi connectivity index (χ3n) is 4.68. The van der Waals surface area contributed by atoms with Crippen LogP contribution >= 0.6 is 0 Å². The summed E-state index contributed by atoms with van der Waals surface area (Å²) in [6.45, 7) is 3.37. The highest BCUT2D eigenvalue weighted by atomic mass is 16.7. The molecule has 5 rings (SSSR count). The third-order valence-corrected chi connectivity index (χ3v) is 4.68. The normalized spacial score (nSPS) is 29.4. The fraction of sp³-hybridized carbons (Fsp3) is 0.571. The Labute approximate surface area is 122 Å². The van der Waals surface area contributed by atoms with E-state index in [1.807, 2.05) is 0 Å². The topological polar surface area (TPSA) is 76.9 Å². The Hall–Kier alpha value is -2.02. The molecule has 7 heteroatoms. The number of nitro benzene ring substituents is 1. The van der Waals surface area contributed by atoms with Crippen molar-refractivity contribution in [3.8, 4) is 11.5 Å². The number of ether oxygens (including phenoxy) is 2. The van der Waals surface area contributed by atoms with Crippen molar-refractivity contribution in [1.82, 2.24) is 4.90 Å². The molecular formula is C14H17N3O4. The number of fused-ring (bicyclic) bond motifs is 4. The molecule has 1 N–H and O–H groups in total. The quantitative estimate of drug-likeness (QED) is 0.676. The Morgan fingerprint density at radius 1 is 1.24 bits per heavy atom. The van der Waals surface area contributed by atoms with Gasteiger partial charge in [-0.1, -0.05) is 0 Å². The highest BCUT2D eigenvalue weighted by Gasteiger charge is 2.35. The van der Waals surface area contributed by atoms with E-state index < -0.39 is 0 Å². The number of hydrogen-bond donors (Lipinski definition) is 1. The molecule has 0 spiro atoms. The lowest BCUT2D eigenvalue weighted by Crippen LogP contribution is -2.53. The first-order valence-electron chi connectivity index (χ1n) is 7.27. The lowest BCUT2D eigenvalue weighted by Gasteiger charge is -2.45.